The van der Waals surface area contributed by atoms with Crippen molar-refractivity contribution in [3.63, 3.8) is 0 Å². The number of benzene rings is 1. The number of rotatable bonds is 4. The monoisotopic (exact) mass is 539 g/mol. The van der Waals surface area contributed by atoms with Gasteiger partial charge in [0.25, 0.3) is 5.91 Å². The summed E-state index contributed by atoms with van der Waals surface area (Å²) in [7, 11) is 1.75. The van der Waals surface area contributed by atoms with E-state index in [0.29, 0.717) is 48.2 Å². The average Bonchev–Trinajstić information content (AvgIpc) is 3.31. The van der Waals surface area contributed by atoms with Gasteiger partial charge in [0.1, 0.15) is 11.4 Å². The van der Waals surface area contributed by atoms with E-state index in [1.165, 1.54) is 6.20 Å². The van der Waals surface area contributed by atoms with E-state index in [-0.39, 0.29) is 17.5 Å². The van der Waals surface area contributed by atoms with Crippen LogP contribution in [0.15, 0.2) is 30.6 Å². The van der Waals surface area contributed by atoms with Crippen LogP contribution in [0.1, 0.15) is 36.0 Å². The van der Waals surface area contributed by atoms with Gasteiger partial charge in [-0.05, 0) is 37.8 Å². The highest BCUT2D eigenvalue weighted by atomic mass is 19.1. The summed E-state index contributed by atoms with van der Waals surface area (Å²) < 4.78 is 33.8. The molecule has 208 valence electrons. The molecule has 5 rings (SSSR count). The molecule has 4 heterocycles. The van der Waals surface area contributed by atoms with Crippen LogP contribution in [0.5, 0.6) is 11.6 Å². The van der Waals surface area contributed by atoms with Crippen molar-refractivity contribution in [2.75, 3.05) is 57.9 Å². The van der Waals surface area contributed by atoms with Crippen molar-refractivity contribution < 1.29 is 23.4 Å². The molecular weight excluding hydrogens is 505 g/mol. The molecule has 0 atom stereocenters. The summed E-state index contributed by atoms with van der Waals surface area (Å²) in [5.41, 5.74) is 1.61. The summed E-state index contributed by atoms with van der Waals surface area (Å²) in [5, 5.41) is 10.4. The van der Waals surface area contributed by atoms with Gasteiger partial charge in [0.15, 0.2) is 5.82 Å². The highest BCUT2D eigenvalue weighted by Crippen LogP contribution is 2.32. The molecule has 2 N–H and O–H groups in total. The van der Waals surface area contributed by atoms with E-state index < -0.39 is 5.82 Å². The number of nitrogens with one attached hydrogen (secondary N) is 2. The van der Waals surface area contributed by atoms with Gasteiger partial charge in [-0.15, -0.1) is 0 Å². The predicted molar refractivity (Wildman–Crippen MR) is 143 cm³/mol. The van der Waals surface area contributed by atoms with Gasteiger partial charge in [0.05, 0.1) is 49.9 Å². The quantitative estimate of drug-likeness (QED) is 0.516. The van der Waals surface area contributed by atoms with Crippen LogP contribution >= 0.6 is 0 Å². The summed E-state index contributed by atoms with van der Waals surface area (Å²) in [4.78, 5) is 23.8. The van der Waals surface area contributed by atoms with Crippen molar-refractivity contribution in [2.24, 2.45) is 7.05 Å². The van der Waals surface area contributed by atoms with Crippen LogP contribution in [-0.2, 0) is 11.8 Å². The van der Waals surface area contributed by atoms with E-state index in [4.69, 9.17) is 14.2 Å². The number of carbonyl (C=O) groups excluding carboxylic acids is 1. The fourth-order valence-electron chi connectivity index (χ4n) is 4.57. The fraction of sp³-hybridized carbons (Fsp3) is 0.481. The molecule has 12 heteroatoms. The van der Waals surface area contributed by atoms with Gasteiger partial charge in [0, 0.05) is 45.0 Å². The Morgan fingerprint density at radius 2 is 1.87 bits per heavy atom. The predicted octanol–water partition coefficient (Wildman–Crippen LogP) is 3.15. The number of aromatic nitrogens is 4. The Morgan fingerprint density at radius 3 is 2.69 bits per heavy atom. The van der Waals surface area contributed by atoms with Gasteiger partial charge in [-0.1, -0.05) is 0 Å². The molecule has 0 aliphatic carbocycles. The molecule has 2 aromatic heterocycles. The van der Waals surface area contributed by atoms with E-state index in [9.17, 15) is 9.18 Å². The number of amides is 1. The zero-order chi connectivity index (χ0) is 27.0. The number of hydrogen-bond donors (Lipinski definition) is 2. The summed E-state index contributed by atoms with van der Waals surface area (Å²) in [6.07, 6.45) is 6.21. The smallest absolute Gasteiger partial charge is 0.255 e. The lowest BCUT2D eigenvalue weighted by Crippen LogP contribution is -2.41. The summed E-state index contributed by atoms with van der Waals surface area (Å²) in [6, 6.07) is 5.22. The molecule has 2 aliphatic rings. The molecule has 0 unspecified atom stereocenters. The maximum atomic E-state index is 14.8. The van der Waals surface area contributed by atoms with Gasteiger partial charge in [0.2, 0.25) is 11.8 Å². The Hall–Kier alpha value is -3.77. The van der Waals surface area contributed by atoms with E-state index in [1.54, 1.807) is 29.9 Å². The van der Waals surface area contributed by atoms with E-state index in [2.05, 4.69) is 30.6 Å². The van der Waals surface area contributed by atoms with Crippen LogP contribution in [0.25, 0.3) is 11.3 Å². The molecule has 0 saturated carbocycles. The third kappa shape index (κ3) is 6.82. The Kier molecular flexibility index (Phi) is 8.84. The highest BCUT2D eigenvalue weighted by Gasteiger charge is 2.20. The van der Waals surface area contributed by atoms with Crippen LogP contribution in [0.3, 0.4) is 0 Å². The van der Waals surface area contributed by atoms with Crippen LogP contribution in [-0.4, -0.2) is 83.2 Å². The van der Waals surface area contributed by atoms with Crippen LogP contribution < -0.4 is 20.1 Å². The number of aryl methyl sites for hydroxylation is 1. The Bertz CT molecular complexity index is 1280. The molecule has 0 radical (unpaired) electrons. The topological polar surface area (TPSA) is 116 Å². The number of anilines is 2. The first-order chi connectivity index (χ1) is 19.1. The zero-order valence-electron chi connectivity index (χ0n) is 22.1. The van der Waals surface area contributed by atoms with Crippen molar-refractivity contribution in [1.82, 2.24) is 30.0 Å². The first-order valence-corrected chi connectivity index (χ1v) is 13.4. The van der Waals surface area contributed by atoms with Crippen molar-refractivity contribution >= 4 is 17.5 Å². The molecule has 3 aromatic rings. The van der Waals surface area contributed by atoms with E-state index in [1.807, 2.05) is 0 Å². The molecule has 39 heavy (non-hydrogen) atoms. The second-order valence-electron chi connectivity index (χ2n) is 9.53. The molecule has 1 aromatic carbocycles. The van der Waals surface area contributed by atoms with E-state index in [0.717, 1.165) is 64.7 Å². The summed E-state index contributed by atoms with van der Waals surface area (Å²) in [5.74, 6) is 0.340. The average molecular weight is 540 g/mol. The largest absolute Gasteiger partial charge is 0.493 e. The maximum Gasteiger partial charge on any atom is 0.255 e. The minimum atomic E-state index is -0.579. The lowest BCUT2D eigenvalue weighted by Gasteiger charge is -2.26. The van der Waals surface area contributed by atoms with E-state index >= 15 is 0 Å². The second-order valence-corrected chi connectivity index (χ2v) is 9.53. The second kappa shape index (κ2) is 12.9. The van der Waals surface area contributed by atoms with Gasteiger partial charge in [-0.3, -0.25) is 9.69 Å². The van der Waals surface area contributed by atoms with Crippen molar-refractivity contribution in [3.8, 4) is 22.9 Å². The van der Waals surface area contributed by atoms with Gasteiger partial charge in [-0.25, -0.2) is 19.0 Å². The minimum absolute atomic E-state index is 0.0904. The van der Waals surface area contributed by atoms with Crippen molar-refractivity contribution in [1.29, 1.82) is 0 Å². The Labute approximate surface area is 226 Å². The number of morpholine rings is 1. The number of hydrogen-bond acceptors (Lipinski definition) is 9. The van der Waals surface area contributed by atoms with Crippen molar-refractivity contribution in [3.05, 3.63) is 42.0 Å². The molecule has 4 bridgehead atoms. The minimum Gasteiger partial charge on any atom is -0.493 e. The third-order valence-corrected chi connectivity index (χ3v) is 6.72. The maximum absolute atomic E-state index is 14.8. The van der Waals surface area contributed by atoms with Gasteiger partial charge >= 0.3 is 0 Å². The number of ether oxygens (including phenoxy) is 3. The SMILES string of the molecule is Cn1ncc2c1OCCCCCCOc1cc(ccc1C(=O)NCCN1CCOCC1)Nc1ncc(F)c-2n1. The fourth-order valence-corrected chi connectivity index (χ4v) is 4.57. The zero-order valence-corrected chi connectivity index (χ0v) is 22.1. The highest BCUT2D eigenvalue weighted by molar-refractivity contribution is 5.97. The first kappa shape index (κ1) is 26.8. The van der Waals surface area contributed by atoms with Crippen molar-refractivity contribution in [2.45, 2.75) is 25.7 Å². The standard InChI is InChI=1S/C27H34FN7O4/c1-34-26-21(17-31-34)24-22(28)18-30-27(33-24)32-19-6-7-20(23(16-19)38-12-4-2-3-5-13-39-26)25(36)29-8-9-35-10-14-37-15-11-35/h6-7,16-18H,2-5,8-15H2,1H3,(H,29,36)(H,30,32,33). The van der Waals surface area contributed by atoms with Crippen LogP contribution in [0.2, 0.25) is 0 Å². The number of halogens is 1. The lowest BCUT2D eigenvalue weighted by molar-refractivity contribution is 0.0383. The molecule has 1 saturated heterocycles. The molecule has 0 spiro atoms. The normalized spacial score (nSPS) is 16.7. The summed E-state index contributed by atoms with van der Waals surface area (Å²) >= 11 is 0. The Balaban J connectivity index is 1.37. The lowest BCUT2D eigenvalue weighted by atomic mass is 10.1. The number of nitrogens with zero attached hydrogens (tertiary/aromatic N) is 5. The number of carbonyl (C=O) groups is 1. The first-order valence-electron chi connectivity index (χ1n) is 13.4. The van der Waals surface area contributed by atoms with Gasteiger partial charge in [-0.2, -0.15) is 5.10 Å². The molecular formula is C27H34FN7O4. The number of fused-ring (bicyclic) bond motifs is 6. The Morgan fingerprint density at radius 1 is 1.08 bits per heavy atom. The molecule has 2 aliphatic heterocycles. The molecule has 1 amide bonds. The molecule has 11 nitrogen and oxygen atoms in total. The summed E-state index contributed by atoms with van der Waals surface area (Å²) in [6.45, 7) is 5.41. The third-order valence-electron chi connectivity index (χ3n) is 6.72. The molecule has 1 fully saturated rings. The van der Waals surface area contributed by atoms with Crippen LogP contribution in [0.4, 0.5) is 16.0 Å². The van der Waals surface area contributed by atoms with Crippen LogP contribution in [0, 0.1) is 5.82 Å². The van der Waals surface area contributed by atoms with Gasteiger partial charge < -0.3 is 24.8 Å².